The van der Waals surface area contributed by atoms with Gasteiger partial charge in [-0.05, 0) is 12.1 Å². The molecule has 3 rings (SSSR count). The minimum atomic E-state index is 0.494. The highest BCUT2D eigenvalue weighted by molar-refractivity contribution is 8.14. The fourth-order valence-corrected chi connectivity index (χ4v) is 3.95. The van der Waals surface area contributed by atoms with E-state index in [0.29, 0.717) is 6.04 Å². The van der Waals surface area contributed by atoms with Crippen LogP contribution in [0.3, 0.4) is 0 Å². The molecule has 2 nitrogen and oxygen atoms in total. The lowest BCUT2D eigenvalue weighted by Gasteiger charge is -2.12. The minimum Gasteiger partial charge on any atom is -0.348 e. The van der Waals surface area contributed by atoms with Crippen LogP contribution in [-0.4, -0.2) is 40.7 Å². The summed E-state index contributed by atoms with van der Waals surface area (Å²) in [6.07, 6.45) is 0. The monoisotopic (exact) mass is 250 g/mol. The zero-order valence-corrected chi connectivity index (χ0v) is 10.6. The normalized spacial score (nSPS) is 23.4. The van der Waals surface area contributed by atoms with Gasteiger partial charge in [0.25, 0.3) is 0 Å². The Bertz CT molecular complexity index is 391. The molecule has 0 radical (unpaired) electrons. The van der Waals surface area contributed by atoms with E-state index in [9.17, 15) is 0 Å². The van der Waals surface area contributed by atoms with Gasteiger partial charge in [0, 0.05) is 29.5 Å². The first-order valence-electron chi connectivity index (χ1n) is 5.55. The highest BCUT2D eigenvalue weighted by Crippen LogP contribution is 2.27. The van der Waals surface area contributed by atoms with Crippen LogP contribution in [0.1, 0.15) is 0 Å². The summed E-state index contributed by atoms with van der Waals surface area (Å²) in [7, 11) is 0. The Morgan fingerprint density at radius 2 is 2.25 bits per heavy atom. The van der Waals surface area contributed by atoms with Crippen molar-refractivity contribution in [2.75, 3.05) is 24.6 Å². The van der Waals surface area contributed by atoms with Crippen LogP contribution in [-0.2, 0) is 0 Å². The average molecular weight is 250 g/mol. The Morgan fingerprint density at radius 1 is 1.38 bits per heavy atom. The second kappa shape index (κ2) is 4.72. The van der Waals surface area contributed by atoms with Crippen LogP contribution in [0, 0.1) is 0 Å². The fourth-order valence-electron chi connectivity index (χ4n) is 1.97. The third kappa shape index (κ3) is 2.23. The second-order valence-electron chi connectivity index (χ2n) is 3.98. The molecule has 0 amide bonds. The molecule has 0 N–H and O–H groups in total. The van der Waals surface area contributed by atoms with Crippen LogP contribution in [0.15, 0.2) is 40.2 Å². The van der Waals surface area contributed by atoms with Crippen LogP contribution in [0.4, 0.5) is 0 Å². The van der Waals surface area contributed by atoms with E-state index in [4.69, 9.17) is 4.99 Å². The van der Waals surface area contributed by atoms with Crippen LogP contribution >= 0.6 is 23.5 Å². The SMILES string of the molecule is c1ccc(SCC2CN3CCSC3=N2)cc1. The lowest BCUT2D eigenvalue weighted by molar-refractivity contribution is 0.471. The van der Waals surface area contributed by atoms with Gasteiger partial charge in [-0.15, -0.1) is 11.8 Å². The van der Waals surface area contributed by atoms with E-state index in [2.05, 4.69) is 35.2 Å². The fraction of sp³-hybridized carbons (Fsp3) is 0.417. The van der Waals surface area contributed by atoms with Crippen LogP contribution < -0.4 is 0 Å². The van der Waals surface area contributed by atoms with Gasteiger partial charge >= 0.3 is 0 Å². The number of nitrogens with zero attached hydrogens (tertiary/aromatic N) is 2. The average Bonchev–Trinajstić information content (AvgIpc) is 2.88. The molecule has 84 valence electrons. The van der Waals surface area contributed by atoms with Gasteiger partial charge in [-0.25, -0.2) is 0 Å². The summed E-state index contributed by atoms with van der Waals surface area (Å²) in [5.74, 6) is 2.32. The smallest absolute Gasteiger partial charge is 0.159 e. The molecular weight excluding hydrogens is 236 g/mol. The van der Waals surface area contributed by atoms with E-state index < -0.39 is 0 Å². The molecule has 16 heavy (non-hydrogen) atoms. The number of rotatable bonds is 3. The second-order valence-corrected chi connectivity index (χ2v) is 6.14. The Morgan fingerprint density at radius 3 is 3.06 bits per heavy atom. The third-order valence-electron chi connectivity index (χ3n) is 2.77. The molecule has 2 heterocycles. The summed E-state index contributed by atoms with van der Waals surface area (Å²) in [6.45, 7) is 2.32. The molecule has 0 spiro atoms. The quantitative estimate of drug-likeness (QED) is 0.767. The van der Waals surface area contributed by atoms with Crippen molar-refractivity contribution in [1.29, 1.82) is 0 Å². The Kier molecular flexibility index (Phi) is 3.11. The van der Waals surface area contributed by atoms with Gasteiger partial charge in [0.05, 0.1) is 6.04 Å². The molecule has 2 aliphatic rings. The molecule has 0 bridgehead atoms. The van der Waals surface area contributed by atoms with E-state index in [1.807, 2.05) is 23.5 Å². The van der Waals surface area contributed by atoms with Crippen molar-refractivity contribution >= 4 is 28.7 Å². The first-order valence-corrected chi connectivity index (χ1v) is 7.52. The van der Waals surface area contributed by atoms with E-state index in [1.54, 1.807) is 0 Å². The van der Waals surface area contributed by atoms with Crippen molar-refractivity contribution in [3.8, 4) is 0 Å². The molecule has 2 aliphatic heterocycles. The van der Waals surface area contributed by atoms with Crippen molar-refractivity contribution in [2.45, 2.75) is 10.9 Å². The van der Waals surface area contributed by atoms with Gasteiger partial charge in [-0.1, -0.05) is 30.0 Å². The third-order valence-corrected chi connectivity index (χ3v) is 4.94. The van der Waals surface area contributed by atoms with Crippen LogP contribution in [0.2, 0.25) is 0 Å². The van der Waals surface area contributed by atoms with Crippen molar-refractivity contribution in [1.82, 2.24) is 4.90 Å². The summed E-state index contributed by atoms with van der Waals surface area (Å²) in [4.78, 5) is 8.52. The maximum atomic E-state index is 4.75. The molecule has 0 aliphatic carbocycles. The van der Waals surface area contributed by atoms with E-state index in [1.165, 1.54) is 22.4 Å². The maximum absolute atomic E-state index is 4.75. The topological polar surface area (TPSA) is 15.6 Å². The minimum absolute atomic E-state index is 0.494. The number of hydrogen-bond acceptors (Lipinski definition) is 4. The number of thioether (sulfide) groups is 2. The molecule has 1 aromatic rings. The number of aliphatic imine (C=N–C) groups is 1. The zero-order valence-electron chi connectivity index (χ0n) is 9.00. The Labute approximate surface area is 105 Å². The van der Waals surface area contributed by atoms with E-state index in [-0.39, 0.29) is 0 Å². The van der Waals surface area contributed by atoms with Gasteiger partial charge in [0.1, 0.15) is 0 Å². The first-order chi connectivity index (χ1) is 7.92. The standard InChI is InChI=1S/C12H14N2S2/c1-2-4-11(5-3-1)16-9-10-8-14-6-7-15-12(14)13-10/h1-5,10H,6-9H2. The van der Waals surface area contributed by atoms with Gasteiger partial charge < -0.3 is 4.90 Å². The van der Waals surface area contributed by atoms with Gasteiger partial charge in [0.15, 0.2) is 5.17 Å². The molecular formula is C12H14N2S2. The number of hydrogen-bond donors (Lipinski definition) is 0. The summed E-state index contributed by atoms with van der Waals surface area (Å²) >= 11 is 3.82. The van der Waals surface area contributed by atoms with Gasteiger partial charge in [-0.2, -0.15) is 0 Å². The first kappa shape index (κ1) is 10.5. The number of amidine groups is 1. The highest BCUT2D eigenvalue weighted by Gasteiger charge is 2.28. The summed E-state index contributed by atoms with van der Waals surface area (Å²) in [5.41, 5.74) is 0. The molecule has 1 fully saturated rings. The van der Waals surface area contributed by atoms with Crippen LogP contribution in [0.25, 0.3) is 0 Å². The lowest BCUT2D eigenvalue weighted by Crippen LogP contribution is -2.25. The molecule has 1 unspecified atom stereocenters. The van der Waals surface area contributed by atoms with E-state index in [0.717, 1.165) is 12.3 Å². The maximum Gasteiger partial charge on any atom is 0.159 e. The van der Waals surface area contributed by atoms with Crippen molar-refractivity contribution < 1.29 is 0 Å². The van der Waals surface area contributed by atoms with Gasteiger partial charge in [0.2, 0.25) is 0 Å². The molecule has 1 aromatic carbocycles. The van der Waals surface area contributed by atoms with Gasteiger partial charge in [-0.3, -0.25) is 4.99 Å². The largest absolute Gasteiger partial charge is 0.348 e. The Hall–Kier alpha value is -0.610. The highest BCUT2D eigenvalue weighted by atomic mass is 32.2. The number of fused-ring (bicyclic) bond motifs is 1. The lowest BCUT2D eigenvalue weighted by atomic mass is 10.3. The zero-order chi connectivity index (χ0) is 10.8. The summed E-state index contributed by atoms with van der Waals surface area (Å²) in [5, 5.41) is 1.28. The van der Waals surface area contributed by atoms with Crippen LogP contribution in [0.5, 0.6) is 0 Å². The summed E-state index contributed by atoms with van der Waals surface area (Å²) < 4.78 is 0. The molecule has 0 aromatic heterocycles. The van der Waals surface area contributed by atoms with E-state index >= 15 is 0 Å². The predicted octanol–water partition coefficient (Wildman–Crippen LogP) is 2.57. The summed E-state index contributed by atoms with van der Waals surface area (Å²) in [6, 6.07) is 11.1. The number of benzene rings is 1. The Balaban J connectivity index is 1.56. The van der Waals surface area contributed by atoms with Crippen molar-refractivity contribution in [3.63, 3.8) is 0 Å². The molecule has 1 atom stereocenters. The van der Waals surface area contributed by atoms with Crippen molar-refractivity contribution in [3.05, 3.63) is 30.3 Å². The molecule has 4 heteroatoms. The van der Waals surface area contributed by atoms with Crippen molar-refractivity contribution in [2.24, 2.45) is 4.99 Å². The molecule has 1 saturated heterocycles. The molecule has 0 saturated carbocycles. The predicted molar refractivity (Wildman–Crippen MR) is 72.4 cm³/mol.